The van der Waals surface area contributed by atoms with Gasteiger partial charge in [0.1, 0.15) is 0 Å². The van der Waals surface area contributed by atoms with Crippen molar-refractivity contribution in [3.05, 3.63) is 24.3 Å². The van der Waals surface area contributed by atoms with E-state index in [4.69, 9.17) is 24.1 Å². The average molecular weight is 559 g/mol. The fourth-order valence-electron chi connectivity index (χ4n) is 6.05. The second kappa shape index (κ2) is 16.7. The molecular formula is C33H50O7. The molecule has 2 saturated heterocycles. The molecule has 8 atom stereocenters. The summed E-state index contributed by atoms with van der Waals surface area (Å²) in [6, 6.07) is 0. The van der Waals surface area contributed by atoms with Crippen LogP contribution in [-0.4, -0.2) is 60.3 Å². The molecule has 4 rings (SSSR count). The SMILES string of the molecule is C[C@@H](CC#CC1CC1)[C@@H](/C=C/[C@@H]1[C@@H](CCCC/C=C/C(=O)O)[C@@H](O)C[C@H]1OC1CCCCO1)OC1CCCCO1. The van der Waals surface area contributed by atoms with E-state index in [9.17, 15) is 9.90 Å². The zero-order chi connectivity index (χ0) is 28.2. The van der Waals surface area contributed by atoms with E-state index in [-0.39, 0.29) is 42.5 Å². The lowest BCUT2D eigenvalue weighted by Gasteiger charge is -2.31. The molecule has 0 radical (unpaired) electrons. The Bertz CT molecular complexity index is 873. The van der Waals surface area contributed by atoms with Crippen LogP contribution in [0.2, 0.25) is 0 Å². The van der Waals surface area contributed by atoms with Gasteiger partial charge in [-0.1, -0.05) is 37.5 Å². The summed E-state index contributed by atoms with van der Waals surface area (Å²) in [6.07, 6.45) is 19.7. The number of hydrogen-bond donors (Lipinski definition) is 2. The zero-order valence-electron chi connectivity index (χ0n) is 24.3. The largest absolute Gasteiger partial charge is 0.478 e. The first-order chi connectivity index (χ1) is 19.5. The summed E-state index contributed by atoms with van der Waals surface area (Å²) in [5, 5.41) is 19.9. The summed E-state index contributed by atoms with van der Waals surface area (Å²) in [5.74, 6) is 6.81. The van der Waals surface area contributed by atoms with Crippen molar-refractivity contribution in [3.8, 4) is 11.8 Å². The topological polar surface area (TPSA) is 94.5 Å². The van der Waals surface area contributed by atoms with Gasteiger partial charge in [0.25, 0.3) is 0 Å². The Kier molecular flexibility index (Phi) is 13.0. The number of allylic oxidation sites excluding steroid dienone is 1. The van der Waals surface area contributed by atoms with Crippen LogP contribution in [0.5, 0.6) is 0 Å². The van der Waals surface area contributed by atoms with Gasteiger partial charge in [-0.25, -0.2) is 4.79 Å². The van der Waals surface area contributed by atoms with Gasteiger partial charge in [-0.05, 0) is 82.5 Å². The Morgan fingerprint density at radius 1 is 1.05 bits per heavy atom. The summed E-state index contributed by atoms with van der Waals surface area (Å²) >= 11 is 0. The van der Waals surface area contributed by atoms with Crippen LogP contribution in [0, 0.1) is 35.5 Å². The summed E-state index contributed by atoms with van der Waals surface area (Å²) in [5.41, 5.74) is 0. The first-order valence-corrected chi connectivity index (χ1v) is 15.8. The molecule has 224 valence electrons. The maximum absolute atomic E-state index is 11.1. The van der Waals surface area contributed by atoms with Crippen LogP contribution in [0.15, 0.2) is 24.3 Å². The van der Waals surface area contributed by atoms with Crippen LogP contribution in [0.1, 0.15) is 96.8 Å². The molecule has 0 bridgehead atoms. The van der Waals surface area contributed by atoms with Crippen molar-refractivity contribution in [1.29, 1.82) is 0 Å². The molecule has 2 saturated carbocycles. The highest BCUT2D eigenvalue weighted by molar-refractivity contribution is 5.79. The number of aliphatic hydroxyl groups excluding tert-OH is 1. The number of carbonyl (C=O) groups is 1. The third kappa shape index (κ3) is 10.6. The zero-order valence-corrected chi connectivity index (χ0v) is 24.3. The van der Waals surface area contributed by atoms with E-state index in [0.29, 0.717) is 12.3 Å². The number of rotatable bonds is 14. The minimum atomic E-state index is -0.913. The molecule has 40 heavy (non-hydrogen) atoms. The van der Waals surface area contributed by atoms with Gasteiger partial charge < -0.3 is 29.2 Å². The van der Waals surface area contributed by atoms with E-state index in [1.54, 1.807) is 6.08 Å². The van der Waals surface area contributed by atoms with E-state index in [2.05, 4.69) is 30.9 Å². The van der Waals surface area contributed by atoms with E-state index < -0.39 is 12.1 Å². The van der Waals surface area contributed by atoms with E-state index in [0.717, 1.165) is 83.8 Å². The lowest BCUT2D eigenvalue weighted by molar-refractivity contribution is -0.193. The Morgan fingerprint density at radius 3 is 2.48 bits per heavy atom. The van der Waals surface area contributed by atoms with Crippen molar-refractivity contribution in [2.45, 2.75) is 128 Å². The molecular weight excluding hydrogens is 508 g/mol. The highest BCUT2D eigenvalue weighted by Crippen LogP contribution is 2.40. The molecule has 7 nitrogen and oxygen atoms in total. The molecule has 0 aromatic carbocycles. The predicted molar refractivity (Wildman–Crippen MR) is 153 cm³/mol. The van der Waals surface area contributed by atoms with Crippen molar-refractivity contribution in [3.63, 3.8) is 0 Å². The van der Waals surface area contributed by atoms with E-state index in [1.165, 1.54) is 18.9 Å². The third-order valence-electron chi connectivity index (χ3n) is 8.61. The van der Waals surface area contributed by atoms with Crippen LogP contribution < -0.4 is 0 Å². The Hall–Kier alpha value is -1.69. The molecule has 0 aromatic rings. The number of hydrogen-bond acceptors (Lipinski definition) is 6. The van der Waals surface area contributed by atoms with Gasteiger partial charge in [-0.3, -0.25) is 0 Å². The minimum Gasteiger partial charge on any atom is -0.478 e. The number of ether oxygens (including phenoxy) is 4. The monoisotopic (exact) mass is 558 g/mol. The number of carboxylic acid groups (broad SMARTS) is 1. The summed E-state index contributed by atoms with van der Waals surface area (Å²) in [7, 11) is 0. The van der Waals surface area contributed by atoms with Crippen molar-refractivity contribution in [1.82, 2.24) is 0 Å². The molecule has 7 heteroatoms. The van der Waals surface area contributed by atoms with Crippen LogP contribution in [0.4, 0.5) is 0 Å². The Labute approximate surface area is 240 Å². The van der Waals surface area contributed by atoms with Crippen LogP contribution in [-0.2, 0) is 23.7 Å². The number of carboxylic acids is 1. The van der Waals surface area contributed by atoms with Gasteiger partial charge in [0.15, 0.2) is 12.6 Å². The van der Waals surface area contributed by atoms with Crippen LogP contribution in [0.3, 0.4) is 0 Å². The molecule has 2 heterocycles. The van der Waals surface area contributed by atoms with Crippen LogP contribution >= 0.6 is 0 Å². The second-order valence-electron chi connectivity index (χ2n) is 12.1. The van der Waals surface area contributed by atoms with Gasteiger partial charge in [0, 0.05) is 44.0 Å². The average Bonchev–Trinajstić information content (AvgIpc) is 3.73. The molecule has 2 aliphatic heterocycles. The van der Waals surface area contributed by atoms with Gasteiger partial charge in [-0.15, -0.1) is 5.92 Å². The normalized spacial score (nSPS) is 32.6. The standard InChI is InChI=1S/C33H50O7/c1-24(11-10-12-25-17-18-25)29(39-32-15-6-8-21-37-32)20-19-27-26(13-4-2-3-5-14-31(35)36)28(34)23-30(27)40-33-16-7-9-22-38-33/h5,14,19-20,24-30,32-34H,2-4,6-9,11,13,15-18,21-23H2,1H3,(H,35,36)/b14-5+,20-19+/t24-,26+,27+,28-,29+,30+,32?,33?/m0/s1. The van der Waals surface area contributed by atoms with E-state index in [1.807, 2.05) is 0 Å². The fourth-order valence-corrected chi connectivity index (χ4v) is 6.05. The number of aliphatic hydroxyl groups is 1. The number of aliphatic carboxylic acids is 1. The van der Waals surface area contributed by atoms with Gasteiger partial charge in [0.05, 0.1) is 18.3 Å². The third-order valence-corrected chi connectivity index (χ3v) is 8.61. The molecule has 2 unspecified atom stereocenters. The fraction of sp³-hybridized carbons (Fsp3) is 0.788. The van der Waals surface area contributed by atoms with Gasteiger partial charge in [0.2, 0.25) is 0 Å². The highest BCUT2D eigenvalue weighted by atomic mass is 16.7. The molecule has 2 aliphatic carbocycles. The Morgan fingerprint density at radius 2 is 1.80 bits per heavy atom. The summed E-state index contributed by atoms with van der Waals surface area (Å²) < 4.78 is 24.8. The van der Waals surface area contributed by atoms with Gasteiger partial charge >= 0.3 is 5.97 Å². The highest BCUT2D eigenvalue weighted by Gasteiger charge is 2.43. The maximum Gasteiger partial charge on any atom is 0.327 e. The molecule has 4 aliphatic rings. The van der Waals surface area contributed by atoms with Gasteiger partial charge in [-0.2, -0.15) is 0 Å². The summed E-state index contributed by atoms with van der Waals surface area (Å²) in [6.45, 7) is 3.67. The summed E-state index contributed by atoms with van der Waals surface area (Å²) in [4.78, 5) is 10.7. The maximum atomic E-state index is 11.1. The lowest BCUT2D eigenvalue weighted by Crippen LogP contribution is -2.32. The molecule has 2 N–H and O–H groups in total. The molecule has 0 spiro atoms. The minimum absolute atomic E-state index is 0.0539. The first kappa shape index (κ1) is 31.3. The van der Waals surface area contributed by atoms with E-state index >= 15 is 0 Å². The quantitative estimate of drug-likeness (QED) is 0.117. The van der Waals surface area contributed by atoms with Crippen molar-refractivity contribution < 1.29 is 34.0 Å². The first-order valence-electron chi connectivity index (χ1n) is 15.8. The molecule has 0 amide bonds. The van der Waals surface area contributed by atoms with Crippen molar-refractivity contribution in [2.75, 3.05) is 13.2 Å². The van der Waals surface area contributed by atoms with Crippen LogP contribution in [0.25, 0.3) is 0 Å². The molecule has 0 aromatic heterocycles. The second-order valence-corrected chi connectivity index (χ2v) is 12.1. The lowest BCUT2D eigenvalue weighted by atomic mass is 9.87. The Balaban J connectivity index is 1.44. The predicted octanol–water partition coefficient (Wildman–Crippen LogP) is 6.00. The number of unbranched alkanes of at least 4 members (excludes halogenated alkanes) is 2. The van der Waals surface area contributed by atoms with Crippen molar-refractivity contribution >= 4 is 5.97 Å². The van der Waals surface area contributed by atoms with Crippen molar-refractivity contribution in [2.24, 2.45) is 23.7 Å². The smallest absolute Gasteiger partial charge is 0.327 e. The molecule has 4 fully saturated rings.